The van der Waals surface area contributed by atoms with E-state index in [-0.39, 0.29) is 21.5 Å². The molecule has 74 valence electrons. The maximum absolute atomic E-state index is 10.8. The Morgan fingerprint density at radius 3 is 2.50 bits per heavy atom. The van der Waals surface area contributed by atoms with Gasteiger partial charge in [0.25, 0.3) is 0 Å². The first-order valence-electron chi connectivity index (χ1n) is 4.06. The molecular formula is C8H19IN2O. The Morgan fingerprint density at radius 1 is 1.50 bits per heavy atom. The fraction of sp³-hybridized carbons (Fsp3) is 0.875. The van der Waals surface area contributed by atoms with E-state index >= 15 is 0 Å². The number of hydrogen-bond donors (Lipinski definition) is 1. The van der Waals surface area contributed by atoms with Gasteiger partial charge in [0.15, 0.2) is 0 Å². The molecule has 4 heteroatoms. The van der Waals surface area contributed by atoms with Crippen LogP contribution in [-0.2, 0) is 4.79 Å². The van der Waals surface area contributed by atoms with Gasteiger partial charge < -0.3 is 0 Å². The Kier molecular flexibility index (Phi) is 6.04. The second-order valence-corrected chi connectivity index (χ2v) is 7.38. The Bertz CT molecular complexity index is 148. The molecule has 1 N–H and O–H groups in total. The van der Waals surface area contributed by atoms with Gasteiger partial charge in [-0.1, -0.05) is 0 Å². The summed E-state index contributed by atoms with van der Waals surface area (Å²) in [5.41, 5.74) is 0. The van der Waals surface area contributed by atoms with Gasteiger partial charge in [-0.3, -0.25) is 0 Å². The van der Waals surface area contributed by atoms with Gasteiger partial charge >= 0.3 is 85.7 Å². The summed E-state index contributed by atoms with van der Waals surface area (Å²) >= 11 is -0.0264. The average Bonchev–Trinajstić information content (AvgIpc) is 1.98. The summed E-state index contributed by atoms with van der Waals surface area (Å²) in [6.07, 6.45) is 0. The summed E-state index contributed by atoms with van der Waals surface area (Å²) in [6, 6.07) is 0. The van der Waals surface area contributed by atoms with E-state index in [0.29, 0.717) is 5.78 Å². The first kappa shape index (κ1) is 12.3. The SMILES string of the molecule is CNCC[N+](C)(C)[I-]CC(C)=O. The van der Waals surface area contributed by atoms with Gasteiger partial charge in [0.2, 0.25) is 0 Å². The van der Waals surface area contributed by atoms with Crippen LogP contribution in [0.5, 0.6) is 0 Å². The van der Waals surface area contributed by atoms with Gasteiger partial charge in [0, 0.05) is 0 Å². The second-order valence-electron chi connectivity index (χ2n) is 3.32. The van der Waals surface area contributed by atoms with Gasteiger partial charge in [-0.05, 0) is 0 Å². The fourth-order valence-corrected chi connectivity index (χ4v) is 2.67. The minimum atomic E-state index is -0.0264. The van der Waals surface area contributed by atoms with E-state index in [2.05, 4.69) is 19.4 Å². The van der Waals surface area contributed by atoms with Crippen molar-refractivity contribution in [1.29, 1.82) is 0 Å². The van der Waals surface area contributed by atoms with Crippen molar-refractivity contribution in [2.75, 3.05) is 38.7 Å². The minimum absolute atomic E-state index is 0.0264. The molecule has 0 bridgehead atoms. The van der Waals surface area contributed by atoms with Crippen LogP contribution in [0.25, 0.3) is 0 Å². The van der Waals surface area contributed by atoms with Gasteiger partial charge in [-0.2, -0.15) is 0 Å². The third-order valence-corrected chi connectivity index (χ3v) is 5.21. The van der Waals surface area contributed by atoms with E-state index in [0.717, 1.165) is 20.2 Å². The molecule has 0 spiro atoms. The molecule has 0 saturated carbocycles. The van der Waals surface area contributed by atoms with Crippen LogP contribution < -0.4 is 26.8 Å². The first-order chi connectivity index (χ1) is 5.48. The number of likely N-dealkylation sites (N-methyl/N-ethyl adjacent to an activating group) is 2. The molecule has 0 aliphatic heterocycles. The van der Waals surface area contributed by atoms with Crippen LogP contribution in [0.15, 0.2) is 0 Å². The zero-order valence-corrected chi connectivity index (χ0v) is 10.5. The van der Waals surface area contributed by atoms with Gasteiger partial charge in [0.05, 0.1) is 0 Å². The van der Waals surface area contributed by atoms with Gasteiger partial charge in [-0.15, -0.1) is 0 Å². The topological polar surface area (TPSA) is 29.1 Å². The molecule has 0 radical (unpaired) electrons. The van der Waals surface area contributed by atoms with E-state index in [1.165, 1.54) is 0 Å². The molecule has 12 heavy (non-hydrogen) atoms. The summed E-state index contributed by atoms with van der Waals surface area (Å²) in [6.45, 7) is 3.83. The van der Waals surface area contributed by atoms with Crippen molar-refractivity contribution < 1.29 is 29.0 Å². The van der Waals surface area contributed by atoms with Crippen molar-refractivity contribution in [3.8, 4) is 0 Å². The van der Waals surface area contributed by atoms with Crippen molar-refractivity contribution >= 4 is 5.78 Å². The molecular weight excluding hydrogens is 267 g/mol. The number of Topliss-reactive ketones (excluding diaryl/α,β-unsaturated/α-hetero) is 1. The van der Waals surface area contributed by atoms with Crippen LogP contribution in [0.4, 0.5) is 0 Å². The molecule has 0 aromatic carbocycles. The number of hydrogen-bond acceptors (Lipinski definition) is 2. The molecule has 0 heterocycles. The maximum atomic E-state index is 10.8. The number of alkyl halides is 1. The molecule has 3 nitrogen and oxygen atoms in total. The fourth-order valence-electron chi connectivity index (χ4n) is 0.683. The van der Waals surface area contributed by atoms with Crippen molar-refractivity contribution in [1.82, 2.24) is 5.32 Å². The van der Waals surface area contributed by atoms with Crippen LogP contribution in [0.1, 0.15) is 6.92 Å². The van der Waals surface area contributed by atoms with Crippen molar-refractivity contribution in [2.45, 2.75) is 6.92 Å². The predicted octanol–water partition coefficient (Wildman–Crippen LogP) is -3.12. The molecule has 0 aliphatic carbocycles. The van der Waals surface area contributed by atoms with Crippen molar-refractivity contribution in [3.05, 3.63) is 0 Å². The average molecular weight is 286 g/mol. The number of nitrogens with zero attached hydrogens (tertiary/aromatic N) is 1. The molecule has 0 amide bonds. The predicted molar refractivity (Wildman–Crippen MR) is 46.5 cm³/mol. The number of nitrogens with one attached hydrogen (secondary N) is 1. The Balaban J connectivity index is 3.63. The summed E-state index contributed by atoms with van der Waals surface area (Å²) in [7, 11) is 6.37. The molecule has 0 fully saturated rings. The molecule has 0 aliphatic rings. The van der Waals surface area contributed by atoms with Gasteiger partial charge in [-0.25, -0.2) is 0 Å². The van der Waals surface area contributed by atoms with Crippen LogP contribution >= 0.6 is 0 Å². The number of rotatable bonds is 6. The first-order valence-corrected chi connectivity index (χ1v) is 6.55. The monoisotopic (exact) mass is 286 g/mol. The second kappa shape index (κ2) is 5.88. The number of ketones is 1. The van der Waals surface area contributed by atoms with Crippen LogP contribution in [0.3, 0.4) is 0 Å². The van der Waals surface area contributed by atoms with Crippen molar-refractivity contribution in [3.63, 3.8) is 0 Å². The standard InChI is InChI=1S/C8H19IN2O/c1-8(12)7-9-11(3,4)6-5-10-2/h10H,5-7H2,1-4H3. The number of carbonyl (C=O) groups is 1. The zero-order valence-electron chi connectivity index (χ0n) is 8.35. The molecule has 0 rings (SSSR count). The van der Waals surface area contributed by atoms with Gasteiger partial charge in [0.1, 0.15) is 0 Å². The van der Waals surface area contributed by atoms with E-state index in [1.807, 2.05) is 7.05 Å². The molecule has 0 saturated heterocycles. The number of quaternary nitrogens is 1. The van der Waals surface area contributed by atoms with E-state index in [1.54, 1.807) is 6.92 Å². The molecule has 0 aromatic rings. The zero-order chi connectivity index (χ0) is 9.61. The van der Waals surface area contributed by atoms with E-state index in [4.69, 9.17) is 0 Å². The Hall–Kier alpha value is 0.320. The summed E-state index contributed by atoms with van der Waals surface area (Å²) in [4.78, 5) is 10.8. The van der Waals surface area contributed by atoms with Crippen molar-refractivity contribution in [2.24, 2.45) is 0 Å². The normalized spacial score (nSPS) is 12.0. The van der Waals surface area contributed by atoms with Crippen LogP contribution in [0.2, 0.25) is 0 Å². The third kappa shape index (κ3) is 7.00. The molecule has 0 aromatic heterocycles. The molecule has 0 atom stereocenters. The number of carbonyl (C=O) groups excluding carboxylic acids is 1. The van der Waals surface area contributed by atoms with E-state index < -0.39 is 0 Å². The summed E-state index contributed by atoms with van der Waals surface area (Å²) in [5, 5.41) is 3.13. The van der Waals surface area contributed by atoms with Crippen LogP contribution in [-0.4, -0.2) is 47.1 Å². The summed E-state index contributed by atoms with van der Waals surface area (Å²) < 4.78 is 1.83. The van der Waals surface area contributed by atoms with Crippen LogP contribution in [0, 0.1) is 0 Å². The molecule has 0 unspecified atom stereocenters. The third-order valence-electron chi connectivity index (χ3n) is 1.47. The van der Waals surface area contributed by atoms with E-state index in [9.17, 15) is 4.79 Å². The number of halogens is 1. The summed E-state index contributed by atoms with van der Waals surface area (Å²) in [5.74, 6) is 0.332. The quantitative estimate of drug-likeness (QED) is 0.318. The Labute approximate surface area is 85.7 Å². The Morgan fingerprint density at radius 2 is 2.08 bits per heavy atom.